The molecule has 5 nitrogen and oxygen atoms in total. The summed E-state index contributed by atoms with van der Waals surface area (Å²) < 4.78 is 11.5. The molecule has 142 valence electrons. The number of rotatable bonds is 2. The molecule has 5 rings (SSSR count). The number of methoxy groups -OCH3 is 1. The number of hydrogen-bond acceptors (Lipinski definition) is 5. The lowest BCUT2D eigenvalue weighted by molar-refractivity contribution is -0.355. The lowest BCUT2D eigenvalue weighted by atomic mass is 9.46. The highest BCUT2D eigenvalue weighted by Gasteiger charge is 2.68. The van der Waals surface area contributed by atoms with E-state index in [0.717, 1.165) is 5.56 Å². The second-order valence-corrected chi connectivity index (χ2v) is 9.06. The highest BCUT2D eigenvalue weighted by molar-refractivity contribution is 6.01. The fourth-order valence-electron chi connectivity index (χ4n) is 5.69. The van der Waals surface area contributed by atoms with Crippen LogP contribution in [0.4, 0.5) is 0 Å². The van der Waals surface area contributed by atoms with E-state index in [9.17, 15) is 15.0 Å². The molecular weight excluding hydrogens is 332 g/mol. The highest BCUT2D eigenvalue weighted by Crippen LogP contribution is 2.66. The molecule has 0 unspecified atom stereocenters. The molecule has 2 N–H and O–H groups in total. The van der Waals surface area contributed by atoms with Crippen LogP contribution in [0.2, 0.25) is 0 Å². The largest absolute Gasteiger partial charge is 0.504 e. The van der Waals surface area contributed by atoms with Crippen molar-refractivity contribution in [1.82, 2.24) is 0 Å². The van der Waals surface area contributed by atoms with Crippen molar-refractivity contribution in [2.45, 2.75) is 64.1 Å². The summed E-state index contributed by atoms with van der Waals surface area (Å²) in [6.45, 7) is 8.30. The third-order valence-electron chi connectivity index (χ3n) is 7.32. The number of aromatic hydroxyl groups is 1. The van der Waals surface area contributed by atoms with Crippen molar-refractivity contribution in [1.29, 1.82) is 0 Å². The molecule has 2 saturated heterocycles. The van der Waals surface area contributed by atoms with Crippen LogP contribution in [0.5, 0.6) is 11.5 Å². The monoisotopic (exact) mass is 360 g/mol. The van der Waals surface area contributed by atoms with Gasteiger partial charge >= 0.3 is 0 Å². The van der Waals surface area contributed by atoms with Gasteiger partial charge in [-0.3, -0.25) is 4.79 Å². The van der Waals surface area contributed by atoms with Crippen molar-refractivity contribution in [3.63, 3.8) is 0 Å². The maximum Gasteiger partial charge on any atom is 0.170 e. The van der Waals surface area contributed by atoms with Gasteiger partial charge in [-0.25, -0.2) is 0 Å². The van der Waals surface area contributed by atoms with Gasteiger partial charge in [0.1, 0.15) is 0 Å². The Balaban J connectivity index is 2.01. The maximum absolute atomic E-state index is 13.1. The fraction of sp³-hybridized carbons (Fsp3) is 0.667. The first kappa shape index (κ1) is 17.8. The average molecular weight is 360 g/mol. The van der Waals surface area contributed by atoms with Crippen molar-refractivity contribution in [3.05, 3.63) is 22.8 Å². The number of aliphatic hydroxyl groups is 1. The summed E-state index contributed by atoms with van der Waals surface area (Å²) in [5.41, 5.74) is 1.05. The van der Waals surface area contributed by atoms with Gasteiger partial charge in [0.25, 0.3) is 0 Å². The number of Topliss-reactive ketones (excluding diaryl/α,β-unsaturated/α-hetero) is 1. The van der Waals surface area contributed by atoms with E-state index in [4.69, 9.17) is 9.47 Å². The Labute approximate surface area is 154 Å². The molecule has 2 bridgehead atoms. The Bertz CT molecular complexity index is 784. The predicted molar refractivity (Wildman–Crippen MR) is 96.8 cm³/mol. The van der Waals surface area contributed by atoms with Crippen LogP contribution in [0.3, 0.4) is 0 Å². The lowest BCUT2D eigenvalue weighted by Gasteiger charge is -2.65. The van der Waals surface area contributed by atoms with Crippen LogP contribution in [0.15, 0.2) is 6.07 Å². The number of ether oxygens (including phenoxy) is 2. The molecule has 3 atom stereocenters. The summed E-state index contributed by atoms with van der Waals surface area (Å²) in [6, 6.07) is 1.90. The Hall–Kier alpha value is -1.59. The number of benzene rings is 1. The topological polar surface area (TPSA) is 76.0 Å². The van der Waals surface area contributed by atoms with Crippen LogP contribution >= 0.6 is 0 Å². The number of phenols is 1. The standard InChI is InChI=1S/C21H28O5/c1-11(2)12-8-13-14(22)9-15-19(3,4)21(24)7-6-20(15,10-26-21)16(13)17(23)18(12)25-5/h8,11,15,23-24H,6-7,9-10H2,1-5H3/t15-,20-,21+/m0/s1. The van der Waals surface area contributed by atoms with Gasteiger partial charge in [-0.2, -0.15) is 0 Å². The van der Waals surface area contributed by atoms with Gasteiger partial charge in [-0.15, -0.1) is 0 Å². The maximum atomic E-state index is 13.1. The smallest absolute Gasteiger partial charge is 0.170 e. The first-order valence-electron chi connectivity index (χ1n) is 9.43. The average Bonchev–Trinajstić information content (AvgIpc) is 2.58. The van der Waals surface area contributed by atoms with Crippen molar-refractivity contribution < 1.29 is 24.5 Å². The summed E-state index contributed by atoms with van der Waals surface area (Å²) in [5.74, 6) is -0.624. The SMILES string of the molecule is COc1c(C(C)C)cc2c(c1O)[C@@]13CC[C@@](O)(OC1)C(C)(C)[C@@H]3CC2=O. The molecule has 0 radical (unpaired) electrons. The minimum atomic E-state index is -1.21. The number of carbonyl (C=O) groups is 1. The molecule has 1 aromatic carbocycles. The Kier molecular flexibility index (Phi) is 3.58. The molecule has 0 aromatic heterocycles. The molecule has 4 aliphatic rings. The summed E-state index contributed by atoms with van der Waals surface area (Å²) >= 11 is 0. The van der Waals surface area contributed by atoms with Gasteiger partial charge in [-0.05, 0) is 24.3 Å². The zero-order chi connectivity index (χ0) is 19.1. The van der Waals surface area contributed by atoms with Crippen LogP contribution in [0, 0.1) is 11.3 Å². The van der Waals surface area contributed by atoms with Gasteiger partial charge in [0.05, 0.1) is 13.7 Å². The van der Waals surface area contributed by atoms with Gasteiger partial charge in [0.2, 0.25) is 0 Å². The number of hydrogen-bond donors (Lipinski definition) is 2. The van der Waals surface area contributed by atoms with Crippen LogP contribution < -0.4 is 4.74 Å². The second kappa shape index (κ2) is 5.23. The number of ketones is 1. The molecule has 1 aromatic rings. The van der Waals surface area contributed by atoms with Gasteiger partial charge in [-0.1, -0.05) is 27.7 Å². The van der Waals surface area contributed by atoms with Crippen molar-refractivity contribution in [2.75, 3.05) is 13.7 Å². The van der Waals surface area contributed by atoms with E-state index in [0.29, 0.717) is 42.7 Å². The summed E-state index contributed by atoms with van der Waals surface area (Å²) in [6.07, 6.45) is 1.56. The van der Waals surface area contributed by atoms with E-state index in [1.165, 1.54) is 0 Å². The van der Waals surface area contributed by atoms with E-state index in [2.05, 4.69) is 0 Å². The minimum absolute atomic E-state index is 0.0275. The van der Waals surface area contributed by atoms with E-state index in [-0.39, 0.29) is 23.4 Å². The third-order valence-corrected chi connectivity index (χ3v) is 7.32. The van der Waals surface area contributed by atoms with Crippen LogP contribution in [0.25, 0.3) is 0 Å². The van der Waals surface area contributed by atoms with Crippen LogP contribution in [-0.4, -0.2) is 35.5 Å². The molecule has 0 amide bonds. The van der Waals surface area contributed by atoms with E-state index >= 15 is 0 Å². The van der Waals surface area contributed by atoms with Gasteiger partial charge in [0.15, 0.2) is 23.1 Å². The van der Waals surface area contributed by atoms with Crippen LogP contribution in [-0.2, 0) is 10.2 Å². The molecule has 26 heavy (non-hydrogen) atoms. The summed E-state index contributed by atoms with van der Waals surface area (Å²) in [4.78, 5) is 13.1. The highest BCUT2D eigenvalue weighted by atomic mass is 16.6. The van der Waals surface area contributed by atoms with Gasteiger partial charge in [0, 0.05) is 40.4 Å². The molecule has 5 heteroatoms. The number of phenolic OH excluding ortho intramolecular Hbond substituents is 1. The first-order chi connectivity index (χ1) is 12.1. The zero-order valence-corrected chi connectivity index (χ0v) is 16.2. The van der Waals surface area contributed by atoms with Crippen molar-refractivity contribution in [2.24, 2.45) is 11.3 Å². The normalized spacial score (nSPS) is 34.6. The minimum Gasteiger partial charge on any atom is -0.504 e. The number of carbonyl (C=O) groups excluding carboxylic acids is 1. The number of fused-ring (bicyclic) bond motifs is 3. The Morgan fingerprint density at radius 3 is 2.54 bits per heavy atom. The molecule has 1 spiro atoms. The Morgan fingerprint density at radius 2 is 2.00 bits per heavy atom. The van der Waals surface area contributed by atoms with E-state index in [1.54, 1.807) is 7.11 Å². The zero-order valence-electron chi connectivity index (χ0n) is 16.2. The molecule has 2 aliphatic heterocycles. The second-order valence-electron chi connectivity index (χ2n) is 9.06. The quantitative estimate of drug-likeness (QED) is 0.844. The van der Waals surface area contributed by atoms with E-state index in [1.807, 2.05) is 33.8 Å². The Morgan fingerprint density at radius 1 is 1.31 bits per heavy atom. The van der Waals surface area contributed by atoms with E-state index < -0.39 is 16.6 Å². The molecule has 2 heterocycles. The summed E-state index contributed by atoms with van der Waals surface area (Å²) in [5, 5.41) is 22.2. The molecule has 2 aliphatic carbocycles. The van der Waals surface area contributed by atoms with Gasteiger partial charge < -0.3 is 19.7 Å². The summed E-state index contributed by atoms with van der Waals surface area (Å²) in [7, 11) is 1.55. The first-order valence-corrected chi connectivity index (χ1v) is 9.43. The molecular formula is C21H28O5. The van der Waals surface area contributed by atoms with Crippen molar-refractivity contribution in [3.8, 4) is 11.5 Å². The molecule has 1 saturated carbocycles. The lowest BCUT2D eigenvalue weighted by Crippen LogP contribution is -2.69. The molecule has 3 fully saturated rings. The fourth-order valence-corrected chi connectivity index (χ4v) is 5.69. The van der Waals surface area contributed by atoms with Crippen molar-refractivity contribution >= 4 is 5.78 Å². The predicted octanol–water partition coefficient (Wildman–Crippen LogP) is 3.50. The van der Waals surface area contributed by atoms with Crippen LogP contribution in [0.1, 0.15) is 74.4 Å². The third kappa shape index (κ3) is 1.91.